The van der Waals surface area contributed by atoms with E-state index in [4.69, 9.17) is 21.8 Å². The summed E-state index contributed by atoms with van der Waals surface area (Å²) in [5.74, 6) is 0.309. The number of carbonyl (C=O) groups is 1. The van der Waals surface area contributed by atoms with Crippen LogP contribution in [0.3, 0.4) is 0 Å². The second kappa shape index (κ2) is 5.14. The summed E-state index contributed by atoms with van der Waals surface area (Å²) < 4.78 is 5.31. The molecule has 0 bridgehead atoms. The van der Waals surface area contributed by atoms with Crippen molar-refractivity contribution in [3.63, 3.8) is 0 Å². The fraction of sp³-hybridized carbons (Fsp3) is 0.154. The van der Waals surface area contributed by atoms with Gasteiger partial charge in [0.05, 0.1) is 23.4 Å². The molecule has 0 aliphatic heterocycles. The highest BCUT2D eigenvalue weighted by molar-refractivity contribution is 6.33. The van der Waals surface area contributed by atoms with Gasteiger partial charge in [-0.05, 0) is 36.8 Å². The van der Waals surface area contributed by atoms with E-state index in [1.807, 2.05) is 13.0 Å². The molecule has 4 nitrogen and oxygen atoms in total. The highest BCUT2D eigenvalue weighted by atomic mass is 35.5. The third kappa shape index (κ3) is 2.65. The molecule has 0 saturated heterocycles. The first-order valence-corrected chi connectivity index (χ1v) is 5.82. The van der Waals surface area contributed by atoms with E-state index in [0.717, 1.165) is 17.0 Å². The molecule has 2 rings (SSSR count). The van der Waals surface area contributed by atoms with Crippen molar-refractivity contribution < 1.29 is 9.21 Å². The number of anilines is 1. The number of amides is 1. The number of primary amides is 1. The number of benzene rings is 1. The van der Waals surface area contributed by atoms with E-state index in [-0.39, 0.29) is 0 Å². The monoisotopic (exact) mass is 264 g/mol. The standard InChI is InChI=1S/C13H13ClN2O2/c1-8-4-5-18-12(8)7-16-9-2-3-11(14)10(6-9)13(15)17/h2-6,16H,7H2,1H3,(H2,15,17). The van der Waals surface area contributed by atoms with E-state index in [1.54, 1.807) is 24.5 Å². The molecule has 2 aromatic rings. The van der Waals surface area contributed by atoms with Gasteiger partial charge in [0.25, 0.3) is 0 Å². The van der Waals surface area contributed by atoms with Crippen LogP contribution in [-0.2, 0) is 6.54 Å². The summed E-state index contributed by atoms with van der Waals surface area (Å²) in [6.45, 7) is 2.51. The van der Waals surface area contributed by atoms with Crippen LogP contribution >= 0.6 is 11.6 Å². The lowest BCUT2D eigenvalue weighted by molar-refractivity contribution is 0.100. The molecule has 0 unspecified atom stereocenters. The minimum Gasteiger partial charge on any atom is -0.467 e. The molecule has 1 aromatic heterocycles. The molecule has 0 saturated carbocycles. The molecule has 3 N–H and O–H groups in total. The quantitative estimate of drug-likeness (QED) is 0.892. The molecule has 1 heterocycles. The summed E-state index contributed by atoms with van der Waals surface area (Å²) in [5, 5.41) is 3.50. The highest BCUT2D eigenvalue weighted by Crippen LogP contribution is 2.21. The minimum absolute atomic E-state index is 0.304. The first kappa shape index (κ1) is 12.5. The van der Waals surface area contributed by atoms with E-state index in [2.05, 4.69) is 5.32 Å². The Morgan fingerprint density at radius 3 is 2.83 bits per heavy atom. The van der Waals surface area contributed by atoms with E-state index in [0.29, 0.717) is 17.1 Å². The molecule has 1 aromatic carbocycles. The second-order valence-corrected chi connectivity index (χ2v) is 4.35. The molecule has 0 atom stereocenters. The molecule has 0 aliphatic carbocycles. The Kier molecular flexibility index (Phi) is 3.58. The predicted molar refractivity (Wildman–Crippen MR) is 70.7 cm³/mol. The number of hydrogen-bond donors (Lipinski definition) is 2. The van der Waals surface area contributed by atoms with Crippen LogP contribution in [0.4, 0.5) is 5.69 Å². The molecule has 1 amide bonds. The van der Waals surface area contributed by atoms with Gasteiger partial charge in [-0.1, -0.05) is 11.6 Å². The van der Waals surface area contributed by atoms with Crippen molar-refractivity contribution >= 4 is 23.2 Å². The number of carbonyl (C=O) groups excluding carboxylic acids is 1. The summed E-state index contributed by atoms with van der Waals surface area (Å²) in [5.41, 5.74) is 7.38. The maximum absolute atomic E-state index is 11.2. The molecule has 5 heteroatoms. The lowest BCUT2D eigenvalue weighted by Crippen LogP contribution is -2.12. The average molecular weight is 265 g/mol. The van der Waals surface area contributed by atoms with E-state index in [1.165, 1.54) is 0 Å². The van der Waals surface area contributed by atoms with Crippen LogP contribution in [-0.4, -0.2) is 5.91 Å². The van der Waals surface area contributed by atoms with Crippen molar-refractivity contribution in [1.82, 2.24) is 0 Å². The highest BCUT2D eigenvalue weighted by Gasteiger charge is 2.08. The first-order valence-electron chi connectivity index (χ1n) is 5.44. The van der Waals surface area contributed by atoms with Gasteiger partial charge in [0.1, 0.15) is 5.76 Å². The number of hydrogen-bond acceptors (Lipinski definition) is 3. The Morgan fingerprint density at radius 1 is 1.44 bits per heavy atom. The maximum Gasteiger partial charge on any atom is 0.250 e. The third-order valence-electron chi connectivity index (χ3n) is 2.65. The Labute approximate surface area is 110 Å². The number of halogens is 1. The summed E-state index contributed by atoms with van der Waals surface area (Å²) >= 11 is 5.87. The third-order valence-corrected chi connectivity index (χ3v) is 2.98. The van der Waals surface area contributed by atoms with E-state index in [9.17, 15) is 4.79 Å². The number of furan rings is 1. The zero-order valence-electron chi connectivity index (χ0n) is 9.87. The van der Waals surface area contributed by atoms with Crippen LogP contribution in [0.2, 0.25) is 5.02 Å². The molecule has 0 aliphatic rings. The number of nitrogens with one attached hydrogen (secondary N) is 1. The lowest BCUT2D eigenvalue weighted by atomic mass is 10.2. The van der Waals surface area contributed by atoms with Crippen LogP contribution in [0.25, 0.3) is 0 Å². The molecular formula is C13H13ClN2O2. The molecule has 94 valence electrons. The van der Waals surface area contributed by atoms with Crippen molar-refractivity contribution in [1.29, 1.82) is 0 Å². The van der Waals surface area contributed by atoms with Crippen molar-refractivity contribution in [2.24, 2.45) is 5.73 Å². The maximum atomic E-state index is 11.2. The van der Waals surface area contributed by atoms with Gasteiger partial charge in [0.2, 0.25) is 5.91 Å². The van der Waals surface area contributed by atoms with Crippen molar-refractivity contribution in [2.45, 2.75) is 13.5 Å². The Bertz CT molecular complexity index is 578. The summed E-state index contributed by atoms with van der Waals surface area (Å²) in [6, 6.07) is 6.95. The Hall–Kier alpha value is -1.94. The Balaban J connectivity index is 2.13. The van der Waals surface area contributed by atoms with Gasteiger partial charge in [-0.2, -0.15) is 0 Å². The summed E-state index contributed by atoms with van der Waals surface area (Å²) in [4.78, 5) is 11.2. The van der Waals surface area contributed by atoms with Gasteiger partial charge in [-0.25, -0.2) is 0 Å². The van der Waals surface area contributed by atoms with E-state index >= 15 is 0 Å². The van der Waals surface area contributed by atoms with Crippen LogP contribution in [0, 0.1) is 6.92 Å². The van der Waals surface area contributed by atoms with Crippen molar-refractivity contribution in [3.8, 4) is 0 Å². The van der Waals surface area contributed by atoms with Gasteiger partial charge >= 0.3 is 0 Å². The minimum atomic E-state index is -0.544. The average Bonchev–Trinajstić information content (AvgIpc) is 2.73. The normalized spacial score (nSPS) is 10.3. The van der Waals surface area contributed by atoms with Gasteiger partial charge in [-0.3, -0.25) is 4.79 Å². The van der Waals surface area contributed by atoms with Crippen molar-refractivity contribution in [2.75, 3.05) is 5.32 Å². The molecule has 0 radical (unpaired) electrons. The molecule has 0 fully saturated rings. The second-order valence-electron chi connectivity index (χ2n) is 3.94. The van der Waals surface area contributed by atoms with Gasteiger partial charge in [0, 0.05) is 5.69 Å². The first-order chi connectivity index (χ1) is 8.58. The predicted octanol–water partition coefficient (Wildman–Crippen LogP) is 2.95. The largest absolute Gasteiger partial charge is 0.467 e. The van der Waals surface area contributed by atoms with Crippen LogP contribution in [0.15, 0.2) is 34.9 Å². The van der Waals surface area contributed by atoms with Crippen LogP contribution < -0.4 is 11.1 Å². The van der Waals surface area contributed by atoms with Crippen molar-refractivity contribution in [3.05, 3.63) is 52.4 Å². The Morgan fingerprint density at radius 2 is 2.22 bits per heavy atom. The molecular weight excluding hydrogens is 252 g/mol. The van der Waals surface area contributed by atoms with Gasteiger partial charge in [-0.15, -0.1) is 0 Å². The fourth-order valence-corrected chi connectivity index (χ4v) is 1.80. The zero-order chi connectivity index (χ0) is 13.1. The van der Waals surface area contributed by atoms with E-state index < -0.39 is 5.91 Å². The number of aryl methyl sites for hydroxylation is 1. The zero-order valence-corrected chi connectivity index (χ0v) is 10.6. The summed E-state index contributed by atoms with van der Waals surface area (Å²) in [7, 11) is 0. The topological polar surface area (TPSA) is 68.3 Å². The number of nitrogens with two attached hydrogens (primary N) is 1. The SMILES string of the molecule is Cc1ccoc1CNc1ccc(Cl)c(C(N)=O)c1. The number of rotatable bonds is 4. The van der Waals surface area contributed by atoms with Crippen LogP contribution in [0.1, 0.15) is 21.7 Å². The smallest absolute Gasteiger partial charge is 0.250 e. The fourth-order valence-electron chi connectivity index (χ4n) is 1.59. The summed E-state index contributed by atoms with van der Waals surface area (Å²) in [6.07, 6.45) is 1.64. The molecule has 0 spiro atoms. The lowest BCUT2D eigenvalue weighted by Gasteiger charge is -2.07. The molecule has 18 heavy (non-hydrogen) atoms. The van der Waals surface area contributed by atoms with Gasteiger partial charge < -0.3 is 15.5 Å². The van der Waals surface area contributed by atoms with Crippen LogP contribution in [0.5, 0.6) is 0 Å². The van der Waals surface area contributed by atoms with Gasteiger partial charge in [0.15, 0.2) is 0 Å².